The normalized spacial score (nSPS) is 19.1. The molecule has 86 valence electrons. The summed E-state index contributed by atoms with van der Waals surface area (Å²) < 4.78 is 1.73. The Bertz CT molecular complexity index is 533. The molecule has 0 amide bonds. The van der Waals surface area contributed by atoms with E-state index in [-0.39, 0.29) is 11.7 Å². The van der Waals surface area contributed by atoms with Crippen molar-refractivity contribution < 1.29 is 4.79 Å². The second-order valence-corrected chi connectivity index (χ2v) is 4.37. The molecule has 1 heterocycles. The maximum absolute atomic E-state index is 12.3. The van der Waals surface area contributed by atoms with E-state index >= 15 is 0 Å². The largest absolute Gasteiger partial charge is 0.294 e. The molecule has 0 fully saturated rings. The average molecular weight is 227 g/mol. The number of rotatable bonds is 2. The van der Waals surface area contributed by atoms with Crippen LogP contribution in [0.15, 0.2) is 36.9 Å². The molecule has 1 aromatic carbocycles. The molecule has 1 aliphatic rings. The fourth-order valence-electron chi connectivity index (χ4n) is 2.39. The van der Waals surface area contributed by atoms with Crippen molar-refractivity contribution in [1.29, 1.82) is 0 Å². The molecule has 1 aliphatic carbocycles. The van der Waals surface area contributed by atoms with Crippen molar-refractivity contribution in [1.82, 2.24) is 14.8 Å². The van der Waals surface area contributed by atoms with Crippen molar-refractivity contribution in [2.75, 3.05) is 0 Å². The molecule has 2 aromatic rings. The average Bonchev–Trinajstić information content (AvgIpc) is 2.86. The smallest absolute Gasteiger partial charge is 0.168 e. The van der Waals surface area contributed by atoms with Crippen LogP contribution in [0.2, 0.25) is 0 Å². The van der Waals surface area contributed by atoms with Crippen LogP contribution < -0.4 is 0 Å². The van der Waals surface area contributed by atoms with Gasteiger partial charge in [0.05, 0.1) is 6.54 Å². The minimum atomic E-state index is 0.0339. The van der Waals surface area contributed by atoms with Gasteiger partial charge >= 0.3 is 0 Å². The Morgan fingerprint density at radius 3 is 3.06 bits per heavy atom. The van der Waals surface area contributed by atoms with Gasteiger partial charge in [0.15, 0.2) is 5.78 Å². The summed E-state index contributed by atoms with van der Waals surface area (Å²) in [5.41, 5.74) is 2.05. The van der Waals surface area contributed by atoms with E-state index in [1.807, 2.05) is 24.3 Å². The highest BCUT2D eigenvalue weighted by Gasteiger charge is 2.27. The second kappa shape index (κ2) is 4.13. The second-order valence-electron chi connectivity index (χ2n) is 4.37. The van der Waals surface area contributed by atoms with E-state index in [2.05, 4.69) is 10.1 Å². The molecule has 0 bridgehead atoms. The predicted molar refractivity (Wildman–Crippen MR) is 62.6 cm³/mol. The minimum Gasteiger partial charge on any atom is -0.294 e. The van der Waals surface area contributed by atoms with Crippen LogP contribution in [0, 0.1) is 5.92 Å². The first-order valence-corrected chi connectivity index (χ1v) is 5.79. The first-order valence-electron chi connectivity index (χ1n) is 5.79. The van der Waals surface area contributed by atoms with Crippen molar-refractivity contribution in [2.24, 2.45) is 5.92 Å². The summed E-state index contributed by atoms with van der Waals surface area (Å²) in [6, 6.07) is 7.88. The van der Waals surface area contributed by atoms with Crippen LogP contribution in [0.4, 0.5) is 0 Å². The Balaban J connectivity index is 1.84. The van der Waals surface area contributed by atoms with E-state index in [1.165, 1.54) is 11.9 Å². The fraction of sp³-hybridized carbons (Fsp3) is 0.308. The molecule has 0 unspecified atom stereocenters. The number of aryl methyl sites for hydroxylation is 1. The minimum absolute atomic E-state index is 0.0339. The number of hydrogen-bond donors (Lipinski definition) is 0. The molecular formula is C13H13N3O. The van der Waals surface area contributed by atoms with E-state index < -0.39 is 0 Å². The predicted octanol–water partition coefficient (Wildman–Crippen LogP) is 1.72. The molecule has 0 saturated heterocycles. The molecule has 1 aromatic heterocycles. The van der Waals surface area contributed by atoms with Gasteiger partial charge in [-0.1, -0.05) is 24.3 Å². The molecule has 4 heteroatoms. The molecule has 0 radical (unpaired) electrons. The van der Waals surface area contributed by atoms with E-state index in [4.69, 9.17) is 0 Å². The van der Waals surface area contributed by atoms with Gasteiger partial charge in [-0.2, -0.15) is 5.10 Å². The monoisotopic (exact) mass is 227 g/mol. The van der Waals surface area contributed by atoms with Crippen LogP contribution in [0.3, 0.4) is 0 Å². The lowest BCUT2D eigenvalue weighted by Gasteiger charge is -2.22. The molecule has 4 nitrogen and oxygen atoms in total. The third-order valence-corrected chi connectivity index (χ3v) is 3.29. The molecule has 3 rings (SSSR count). The van der Waals surface area contributed by atoms with Gasteiger partial charge in [-0.3, -0.25) is 9.48 Å². The summed E-state index contributed by atoms with van der Waals surface area (Å²) in [4.78, 5) is 16.2. The number of hydrogen-bond acceptors (Lipinski definition) is 3. The summed E-state index contributed by atoms with van der Waals surface area (Å²) in [6.07, 6.45) is 5.03. The van der Waals surface area contributed by atoms with Crippen molar-refractivity contribution in [3.05, 3.63) is 48.0 Å². The summed E-state index contributed by atoms with van der Waals surface area (Å²) in [5, 5.41) is 4.05. The number of benzene rings is 1. The third-order valence-electron chi connectivity index (χ3n) is 3.29. The van der Waals surface area contributed by atoms with Crippen molar-refractivity contribution in [2.45, 2.75) is 19.4 Å². The maximum atomic E-state index is 12.3. The molecule has 17 heavy (non-hydrogen) atoms. The number of carbonyl (C=O) groups excluding carboxylic acids is 1. The lowest BCUT2D eigenvalue weighted by Crippen LogP contribution is -2.26. The van der Waals surface area contributed by atoms with Crippen molar-refractivity contribution >= 4 is 5.78 Å². The Labute approximate surface area is 99.3 Å². The Morgan fingerprint density at radius 1 is 1.35 bits per heavy atom. The molecule has 0 N–H and O–H groups in total. The topological polar surface area (TPSA) is 47.8 Å². The highest BCUT2D eigenvalue weighted by Crippen LogP contribution is 2.26. The summed E-state index contributed by atoms with van der Waals surface area (Å²) in [7, 11) is 0. The molecule has 0 spiro atoms. The van der Waals surface area contributed by atoms with Gasteiger partial charge in [-0.05, 0) is 18.4 Å². The van der Waals surface area contributed by atoms with Gasteiger partial charge in [-0.25, -0.2) is 4.98 Å². The van der Waals surface area contributed by atoms with Crippen LogP contribution in [0.25, 0.3) is 0 Å². The number of Topliss-reactive ketones (excluding diaryl/α,β-unsaturated/α-hetero) is 1. The SMILES string of the molecule is O=C1c2ccccc2CC[C@H]1Cn1cncn1. The van der Waals surface area contributed by atoms with Crippen LogP contribution in [-0.2, 0) is 13.0 Å². The zero-order valence-electron chi connectivity index (χ0n) is 9.41. The number of ketones is 1. The fourth-order valence-corrected chi connectivity index (χ4v) is 2.39. The standard InChI is InChI=1S/C13H13N3O/c17-13-11(7-16-9-14-8-15-16)6-5-10-3-1-2-4-12(10)13/h1-4,8-9,11H,5-7H2/t11-/m0/s1. The highest BCUT2D eigenvalue weighted by molar-refractivity contribution is 6.00. The molecular weight excluding hydrogens is 214 g/mol. The van der Waals surface area contributed by atoms with E-state index in [0.29, 0.717) is 6.54 Å². The molecule has 0 aliphatic heterocycles. The van der Waals surface area contributed by atoms with E-state index in [9.17, 15) is 4.79 Å². The van der Waals surface area contributed by atoms with Crippen LogP contribution in [0.5, 0.6) is 0 Å². The maximum Gasteiger partial charge on any atom is 0.168 e. The first kappa shape index (κ1) is 10.2. The molecule has 0 saturated carbocycles. The lowest BCUT2D eigenvalue weighted by atomic mass is 9.83. The Morgan fingerprint density at radius 2 is 2.24 bits per heavy atom. The number of carbonyl (C=O) groups is 1. The van der Waals surface area contributed by atoms with E-state index in [0.717, 1.165) is 18.4 Å². The summed E-state index contributed by atoms with van der Waals surface area (Å²) >= 11 is 0. The highest BCUT2D eigenvalue weighted by atomic mass is 16.1. The zero-order chi connectivity index (χ0) is 11.7. The van der Waals surface area contributed by atoms with Gasteiger partial charge in [0.1, 0.15) is 12.7 Å². The number of aromatic nitrogens is 3. The van der Waals surface area contributed by atoms with Crippen LogP contribution in [0.1, 0.15) is 22.3 Å². The lowest BCUT2D eigenvalue weighted by molar-refractivity contribution is 0.0884. The van der Waals surface area contributed by atoms with Crippen LogP contribution >= 0.6 is 0 Å². The van der Waals surface area contributed by atoms with E-state index in [1.54, 1.807) is 11.0 Å². The quantitative estimate of drug-likeness (QED) is 0.784. The zero-order valence-corrected chi connectivity index (χ0v) is 9.41. The van der Waals surface area contributed by atoms with Crippen molar-refractivity contribution in [3.8, 4) is 0 Å². The number of nitrogens with zero attached hydrogens (tertiary/aromatic N) is 3. The van der Waals surface area contributed by atoms with Crippen LogP contribution in [-0.4, -0.2) is 20.5 Å². The number of fused-ring (bicyclic) bond motifs is 1. The van der Waals surface area contributed by atoms with Gasteiger partial charge in [0.25, 0.3) is 0 Å². The Kier molecular flexibility index (Phi) is 2.48. The molecule has 1 atom stereocenters. The first-order chi connectivity index (χ1) is 8.34. The van der Waals surface area contributed by atoms with Crippen molar-refractivity contribution in [3.63, 3.8) is 0 Å². The van der Waals surface area contributed by atoms with Gasteiger partial charge < -0.3 is 0 Å². The third kappa shape index (κ3) is 1.86. The summed E-state index contributed by atoms with van der Waals surface area (Å²) in [5.74, 6) is 0.272. The van der Waals surface area contributed by atoms with Gasteiger partial charge in [-0.15, -0.1) is 0 Å². The Hall–Kier alpha value is -1.97. The van der Waals surface area contributed by atoms with Gasteiger partial charge in [0, 0.05) is 11.5 Å². The van der Waals surface area contributed by atoms with Gasteiger partial charge in [0.2, 0.25) is 0 Å². The summed E-state index contributed by atoms with van der Waals surface area (Å²) in [6.45, 7) is 0.632.